The molecule has 0 spiro atoms. The molecule has 1 saturated heterocycles. The summed E-state index contributed by atoms with van der Waals surface area (Å²) in [6, 6.07) is 3.73. The minimum absolute atomic E-state index is 0.0773. The van der Waals surface area contributed by atoms with Gasteiger partial charge in [-0.3, -0.25) is 14.6 Å². The number of aryl methyl sites for hydroxylation is 1. The molecule has 1 aromatic rings. The van der Waals surface area contributed by atoms with Crippen molar-refractivity contribution in [3.63, 3.8) is 0 Å². The fraction of sp³-hybridized carbons (Fsp3) is 0.500. The molecule has 1 aliphatic rings. The van der Waals surface area contributed by atoms with E-state index >= 15 is 0 Å². The Morgan fingerprint density at radius 1 is 1.42 bits per heavy atom. The maximum absolute atomic E-state index is 12.6. The molecule has 0 aromatic carbocycles. The fourth-order valence-electron chi connectivity index (χ4n) is 2.14. The Bertz CT molecular complexity index is 498. The van der Waals surface area contributed by atoms with Crippen molar-refractivity contribution in [2.75, 3.05) is 11.4 Å². The summed E-state index contributed by atoms with van der Waals surface area (Å²) in [7, 11) is 0. The van der Waals surface area contributed by atoms with Crippen molar-refractivity contribution in [3.05, 3.63) is 24.0 Å². The van der Waals surface area contributed by atoms with Gasteiger partial charge in [0.05, 0.1) is 11.9 Å². The molecule has 0 aliphatic carbocycles. The molecular weight excluding hydrogens is 242 g/mol. The van der Waals surface area contributed by atoms with Crippen LogP contribution in [0.3, 0.4) is 0 Å². The minimum atomic E-state index is -0.835. The van der Waals surface area contributed by atoms with Crippen LogP contribution in [0.4, 0.5) is 5.69 Å². The van der Waals surface area contributed by atoms with Gasteiger partial charge in [0.1, 0.15) is 5.54 Å². The molecule has 102 valence electrons. The molecule has 1 unspecified atom stereocenters. The molecule has 5 heteroatoms. The number of hydrogen-bond acceptors (Lipinski definition) is 3. The van der Waals surface area contributed by atoms with E-state index in [1.54, 1.807) is 18.0 Å². The van der Waals surface area contributed by atoms with Crippen LogP contribution in [-0.4, -0.2) is 28.9 Å². The third-order valence-electron chi connectivity index (χ3n) is 3.61. The van der Waals surface area contributed by atoms with Crippen molar-refractivity contribution in [2.24, 2.45) is 0 Å². The summed E-state index contributed by atoms with van der Waals surface area (Å²) in [6.45, 7) is 5.96. The summed E-state index contributed by atoms with van der Waals surface area (Å²) >= 11 is 0. The summed E-state index contributed by atoms with van der Waals surface area (Å²) in [4.78, 5) is 30.2. The van der Waals surface area contributed by atoms with Gasteiger partial charge in [-0.2, -0.15) is 0 Å². The zero-order valence-electron chi connectivity index (χ0n) is 11.6. The number of hydrogen-bond donors (Lipinski definition) is 1. The lowest BCUT2D eigenvalue weighted by Gasteiger charge is -2.31. The van der Waals surface area contributed by atoms with E-state index < -0.39 is 5.54 Å². The number of nitrogens with zero attached hydrogens (tertiary/aromatic N) is 2. The Labute approximate surface area is 113 Å². The molecule has 2 heterocycles. The van der Waals surface area contributed by atoms with E-state index in [9.17, 15) is 9.59 Å². The number of rotatable bonds is 2. The maximum Gasteiger partial charge on any atom is 0.252 e. The smallest absolute Gasteiger partial charge is 0.252 e. The van der Waals surface area contributed by atoms with Gasteiger partial charge in [0.15, 0.2) is 0 Å². The predicted octanol–water partition coefficient (Wildman–Crippen LogP) is 1.41. The predicted molar refractivity (Wildman–Crippen MR) is 72.8 cm³/mol. The van der Waals surface area contributed by atoms with E-state index in [1.165, 1.54) is 0 Å². The monoisotopic (exact) mass is 261 g/mol. The second-order valence-electron chi connectivity index (χ2n) is 5.10. The number of amides is 2. The minimum Gasteiger partial charge on any atom is -0.342 e. The normalized spacial score (nSPS) is 24.1. The highest BCUT2D eigenvalue weighted by molar-refractivity contribution is 6.03. The van der Waals surface area contributed by atoms with Gasteiger partial charge in [-0.15, -0.1) is 0 Å². The maximum atomic E-state index is 12.6. The van der Waals surface area contributed by atoms with E-state index in [1.807, 2.05) is 26.0 Å². The third kappa shape index (κ3) is 2.59. The van der Waals surface area contributed by atoms with Crippen molar-refractivity contribution >= 4 is 17.5 Å². The second kappa shape index (κ2) is 4.99. The Kier molecular flexibility index (Phi) is 3.55. The Balaban J connectivity index is 2.36. The standard InChI is InChI=1S/C14H19N3O2/c1-4-14(3)13(19)17(8-7-12(18)16-14)11-6-5-10(2)15-9-11/h5-6,9H,4,7-8H2,1-3H3,(H,16,18). The van der Waals surface area contributed by atoms with Gasteiger partial charge in [0.2, 0.25) is 5.91 Å². The first kappa shape index (κ1) is 13.5. The molecule has 2 amide bonds. The Morgan fingerprint density at radius 2 is 2.16 bits per heavy atom. The van der Waals surface area contributed by atoms with Crippen molar-refractivity contribution in [3.8, 4) is 0 Å². The van der Waals surface area contributed by atoms with Crippen LogP contribution < -0.4 is 10.2 Å². The highest BCUT2D eigenvalue weighted by Gasteiger charge is 2.39. The van der Waals surface area contributed by atoms with Crippen molar-refractivity contribution in [1.29, 1.82) is 0 Å². The molecule has 0 saturated carbocycles. The van der Waals surface area contributed by atoms with Crippen LogP contribution in [0.5, 0.6) is 0 Å². The molecule has 1 fully saturated rings. The number of anilines is 1. The highest BCUT2D eigenvalue weighted by Crippen LogP contribution is 2.23. The van der Waals surface area contributed by atoms with Gasteiger partial charge < -0.3 is 10.2 Å². The van der Waals surface area contributed by atoms with Crippen LogP contribution in [0.25, 0.3) is 0 Å². The molecule has 19 heavy (non-hydrogen) atoms. The molecule has 1 N–H and O–H groups in total. The van der Waals surface area contributed by atoms with E-state index in [4.69, 9.17) is 0 Å². The van der Waals surface area contributed by atoms with Crippen molar-refractivity contribution in [2.45, 2.75) is 39.2 Å². The summed E-state index contributed by atoms with van der Waals surface area (Å²) in [5.41, 5.74) is 0.809. The van der Waals surface area contributed by atoms with Gasteiger partial charge in [0.25, 0.3) is 5.91 Å². The lowest BCUT2D eigenvalue weighted by Crippen LogP contribution is -2.54. The van der Waals surface area contributed by atoms with Crippen LogP contribution in [-0.2, 0) is 9.59 Å². The first-order chi connectivity index (χ1) is 8.96. The van der Waals surface area contributed by atoms with Crippen LogP contribution >= 0.6 is 0 Å². The Morgan fingerprint density at radius 3 is 2.74 bits per heavy atom. The average Bonchev–Trinajstić information content (AvgIpc) is 2.50. The van der Waals surface area contributed by atoms with Gasteiger partial charge in [-0.25, -0.2) is 0 Å². The summed E-state index contributed by atoms with van der Waals surface area (Å²) in [6.07, 6.45) is 2.56. The number of carbonyl (C=O) groups excluding carboxylic acids is 2. The molecular formula is C14H19N3O2. The summed E-state index contributed by atoms with van der Waals surface area (Å²) < 4.78 is 0. The third-order valence-corrected chi connectivity index (χ3v) is 3.61. The topological polar surface area (TPSA) is 62.3 Å². The lowest BCUT2D eigenvalue weighted by molar-refractivity contribution is -0.129. The van der Waals surface area contributed by atoms with Crippen LogP contribution in [0.2, 0.25) is 0 Å². The number of nitrogens with one attached hydrogen (secondary N) is 1. The SMILES string of the molecule is CCC1(C)NC(=O)CCN(c2ccc(C)nc2)C1=O. The van der Waals surface area contributed by atoms with Crippen LogP contribution in [0, 0.1) is 6.92 Å². The molecule has 1 atom stereocenters. The van der Waals surface area contributed by atoms with E-state index in [0.29, 0.717) is 19.4 Å². The van der Waals surface area contributed by atoms with E-state index in [-0.39, 0.29) is 11.8 Å². The van der Waals surface area contributed by atoms with E-state index in [2.05, 4.69) is 10.3 Å². The number of pyridine rings is 1. The second-order valence-corrected chi connectivity index (χ2v) is 5.10. The van der Waals surface area contributed by atoms with Crippen LogP contribution in [0.1, 0.15) is 32.4 Å². The van der Waals surface area contributed by atoms with Gasteiger partial charge in [-0.1, -0.05) is 6.92 Å². The molecule has 0 bridgehead atoms. The average molecular weight is 261 g/mol. The van der Waals surface area contributed by atoms with E-state index in [0.717, 1.165) is 11.4 Å². The largest absolute Gasteiger partial charge is 0.342 e. The molecule has 1 aromatic heterocycles. The molecule has 2 rings (SSSR count). The van der Waals surface area contributed by atoms with Crippen molar-refractivity contribution in [1.82, 2.24) is 10.3 Å². The molecule has 5 nitrogen and oxygen atoms in total. The van der Waals surface area contributed by atoms with Gasteiger partial charge in [-0.05, 0) is 32.4 Å². The van der Waals surface area contributed by atoms with Crippen molar-refractivity contribution < 1.29 is 9.59 Å². The lowest BCUT2D eigenvalue weighted by atomic mass is 9.97. The fourth-order valence-corrected chi connectivity index (χ4v) is 2.14. The highest BCUT2D eigenvalue weighted by atomic mass is 16.2. The number of carbonyl (C=O) groups is 2. The molecule has 1 aliphatic heterocycles. The zero-order chi connectivity index (χ0) is 14.0. The van der Waals surface area contributed by atoms with Crippen LogP contribution in [0.15, 0.2) is 18.3 Å². The summed E-state index contributed by atoms with van der Waals surface area (Å²) in [5.74, 6) is -0.160. The first-order valence-corrected chi connectivity index (χ1v) is 6.52. The molecule has 0 radical (unpaired) electrons. The quantitative estimate of drug-likeness (QED) is 0.875. The number of aromatic nitrogens is 1. The van der Waals surface area contributed by atoms with Gasteiger partial charge in [0, 0.05) is 18.7 Å². The Hall–Kier alpha value is -1.91. The summed E-state index contributed by atoms with van der Waals surface area (Å²) in [5, 5.41) is 2.82. The van der Waals surface area contributed by atoms with Gasteiger partial charge >= 0.3 is 0 Å². The first-order valence-electron chi connectivity index (χ1n) is 6.52. The zero-order valence-corrected chi connectivity index (χ0v) is 11.6.